The van der Waals surface area contributed by atoms with Crippen LogP contribution in [0.1, 0.15) is 42.4 Å². The van der Waals surface area contributed by atoms with E-state index in [-0.39, 0.29) is 12.5 Å². The van der Waals surface area contributed by atoms with Crippen LogP contribution < -0.4 is 16.0 Å². The van der Waals surface area contributed by atoms with Gasteiger partial charge in [-0.25, -0.2) is 14.8 Å². The van der Waals surface area contributed by atoms with E-state index in [1.807, 2.05) is 0 Å². The average molecular weight is 522 g/mol. The monoisotopic (exact) mass is 521 g/mol. The van der Waals surface area contributed by atoms with Gasteiger partial charge in [0.15, 0.2) is 5.69 Å². The zero-order chi connectivity index (χ0) is 26.5. The maximum absolute atomic E-state index is 13.6. The first-order valence-electron chi connectivity index (χ1n) is 10.6. The Morgan fingerprint density at radius 1 is 1.03 bits per heavy atom. The van der Waals surface area contributed by atoms with Crippen LogP contribution in [-0.4, -0.2) is 27.6 Å². The van der Waals surface area contributed by atoms with Crippen molar-refractivity contribution >= 4 is 40.9 Å². The van der Waals surface area contributed by atoms with E-state index in [0.717, 1.165) is 6.20 Å². The highest BCUT2D eigenvalue weighted by Crippen LogP contribution is 2.31. The molecule has 1 heterocycles. The highest BCUT2D eigenvalue weighted by atomic mass is 35.5. The third-order valence-corrected chi connectivity index (χ3v) is 4.67. The summed E-state index contributed by atoms with van der Waals surface area (Å²) < 4.78 is 46.1. The van der Waals surface area contributed by atoms with Gasteiger partial charge in [-0.15, -0.1) is 0 Å². The van der Waals surface area contributed by atoms with Gasteiger partial charge in [-0.1, -0.05) is 29.8 Å². The molecule has 0 saturated carbocycles. The minimum atomic E-state index is -4.89. The summed E-state index contributed by atoms with van der Waals surface area (Å²) in [6.45, 7) is 5.14. The quantitative estimate of drug-likeness (QED) is 0.358. The number of anilines is 3. The van der Waals surface area contributed by atoms with Crippen LogP contribution in [0.2, 0.25) is 5.02 Å². The maximum Gasteiger partial charge on any atom is 0.434 e. The van der Waals surface area contributed by atoms with Gasteiger partial charge in [0, 0.05) is 29.1 Å². The molecule has 3 aromatic rings. The summed E-state index contributed by atoms with van der Waals surface area (Å²) in [6, 6.07) is 12.6. The van der Waals surface area contributed by atoms with Crippen LogP contribution in [0.5, 0.6) is 0 Å². The molecule has 8 nitrogen and oxygen atoms in total. The van der Waals surface area contributed by atoms with Gasteiger partial charge in [0.25, 0.3) is 5.91 Å². The second-order valence-electron chi connectivity index (χ2n) is 8.60. The fourth-order valence-electron chi connectivity index (χ4n) is 2.92. The van der Waals surface area contributed by atoms with Gasteiger partial charge in [0.05, 0.1) is 5.56 Å². The van der Waals surface area contributed by atoms with Crippen molar-refractivity contribution in [2.75, 3.05) is 10.6 Å². The molecular weight excluding hydrogens is 499 g/mol. The highest BCUT2D eigenvalue weighted by molar-refractivity contribution is 6.30. The van der Waals surface area contributed by atoms with Gasteiger partial charge in [0.1, 0.15) is 5.60 Å². The molecule has 0 unspecified atom stereocenters. The second-order valence-corrected chi connectivity index (χ2v) is 9.03. The Hall–Kier alpha value is -3.86. The van der Waals surface area contributed by atoms with E-state index in [1.54, 1.807) is 63.2 Å². The number of alkyl halides is 3. The number of benzene rings is 2. The van der Waals surface area contributed by atoms with Crippen molar-refractivity contribution in [1.82, 2.24) is 15.3 Å². The second kappa shape index (κ2) is 10.8. The summed E-state index contributed by atoms with van der Waals surface area (Å²) in [5.74, 6) is -1.33. The Kier molecular flexibility index (Phi) is 8.03. The number of rotatable bonds is 6. The van der Waals surface area contributed by atoms with E-state index in [2.05, 4.69) is 25.9 Å². The minimum absolute atomic E-state index is 0.0641. The molecule has 3 N–H and O–H groups in total. The van der Waals surface area contributed by atoms with E-state index in [4.69, 9.17) is 16.3 Å². The lowest BCUT2D eigenvalue weighted by Crippen LogP contribution is -2.27. The van der Waals surface area contributed by atoms with Crippen LogP contribution in [0.4, 0.5) is 35.3 Å². The molecule has 0 atom stereocenters. The molecule has 0 aliphatic rings. The van der Waals surface area contributed by atoms with Crippen LogP contribution in [0.15, 0.2) is 54.7 Å². The molecule has 36 heavy (non-hydrogen) atoms. The van der Waals surface area contributed by atoms with Gasteiger partial charge in [-0.2, -0.15) is 13.2 Å². The van der Waals surface area contributed by atoms with Crippen molar-refractivity contribution in [1.29, 1.82) is 0 Å². The summed E-state index contributed by atoms with van der Waals surface area (Å²) in [7, 11) is 0. The molecule has 0 aliphatic heterocycles. The average Bonchev–Trinajstić information content (AvgIpc) is 2.76. The fourth-order valence-corrected chi connectivity index (χ4v) is 3.11. The minimum Gasteiger partial charge on any atom is -0.444 e. The molecule has 0 radical (unpaired) electrons. The Labute approximate surface area is 210 Å². The normalized spacial score (nSPS) is 11.5. The first kappa shape index (κ1) is 26.7. The van der Waals surface area contributed by atoms with Gasteiger partial charge in [0.2, 0.25) is 5.95 Å². The van der Waals surface area contributed by atoms with Crippen molar-refractivity contribution in [3.05, 3.63) is 76.6 Å². The molecule has 2 amide bonds. The largest absolute Gasteiger partial charge is 0.444 e. The number of halogens is 4. The summed E-state index contributed by atoms with van der Waals surface area (Å²) >= 11 is 5.88. The summed E-state index contributed by atoms with van der Waals surface area (Å²) in [5.41, 5.74) is -1.32. The lowest BCUT2D eigenvalue weighted by atomic mass is 10.1. The molecule has 2 aromatic carbocycles. The first-order valence-corrected chi connectivity index (χ1v) is 11.0. The number of hydrogen-bond acceptors (Lipinski definition) is 6. The van der Waals surface area contributed by atoms with Crippen molar-refractivity contribution in [2.45, 2.75) is 39.1 Å². The van der Waals surface area contributed by atoms with Crippen molar-refractivity contribution < 1.29 is 27.5 Å². The lowest BCUT2D eigenvalue weighted by molar-refractivity contribution is -0.141. The van der Waals surface area contributed by atoms with Crippen molar-refractivity contribution in [2.24, 2.45) is 0 Å². The first-order chi connectivity index (χ1) is 16.8. The fraction of sp³-hybridized carbons (Fsp3) is 0.250. The SMILES string of the molecule is CC(C)(C)OC(=O)Nc1ccc(CNC(=O)c2cnc(Nc3cccc(Cl)c3)nc2C(F)(F)F)cc1. The predicted molar refractivity (Wildman–Crippen MR) is 129 cm³/mol. The van der Waals surface area contributed by atoms with Crippen molar-refractivity contribution in [3.63, 3.8) is 0 Å². The Morgan fingerprint density at radius 3 is 2.33 bits per heavy atom. The molecular formula is C24H23ClF3N5O3. The number of nitrogens with one attached hydrogen (secondary N) is 3. The maximum atomic E-state index is 13.6. The molecule has 1 aromatic heterocycles. The van der Waals surface area contributed by atoms with E-state index in [1.165, 1.54) is 6.07 Å². The third-order valence-electron chi connectivity index (χ3n) is 4.43. The molecule has 0 spiro atoms. The number of ether oxygens (including phenoxy) is 1. The molecule has 0 bridgehead atoms. The number of amides is 2. The van der Waals surface area contributed by atoms with E-state index < -0.39 is 35.0 Å². The Bertz CT molecular complexity index is 1240. The number of carbonyl (C=O) groups is 2. The molecule has 0 fully saturated rings. The smallest absolute Gasteiger partial charge is 0.434 e. The zero-order valence-corrected chi connectivity index (χ0v) is 20.3. The van der Waals surface area contributed by atoms with Crippen LogP contribution in [0, 0.1) is 0 Å². The number of hydrogen-bond donors (Lipinski definition) is 3. The van der Waals surface area contributed by atoms with Gasteiger partial charge in [-0.05, 0) is 56.7 Å². The van der Waals surface area contributed by atoms with Crippen LogP contribution in [0.25, 0.3) is 0 Å². The molecule has 190 valence electrons. The number of carbonyl (C=O) groups excluding carboxylic acids is 2. The summed E-state index contributed by atoms with van der Waals surface area (Å²) in [5, 5.41) is 8.00. The van der Waals surface area contributed by atoms with Crippen LogP contribution >= 0.6 is 11.6 Å². The number of aromatic nitrogens is 2. The summed E-state index contributed by atoms with van der Waals surface area (Å²) in [4.78, 5) is 31.7. The molecule has 12 heteroatoms. The van der Waals surface area contributed by atoms with E-state index in [0.29, 0.717) is 22.0 Å². The Morgan fingerprint density at radius 2 is 1.72 bits per heavy atom. The topological polar surface area (TPSA) is 105 Å². The zero-order valence-electron chi connectivity index (χ0n) is 19.5. The van der Waals surface area contributed by atoms with Crippen LogP contribution in [-0.2, 0) is 17.5 Å². The lowest BCUT2D eigenvalue weighted by Gasteiger charge is -2.19. The van der Waals surface area contributed by atoms with Gasteiger partial charge >= 0.3 is 12.3 Å². The third kappa shape index (κ3) is 7.84. The van der Waals surface area contributed by atoms with E-state index in [9.17, 15) is 22.8 Å². The predicted octanol–water partition coefficient (Wildman–Crippen LogP) is 6.17. The standard InChI is InChI=1S/C24H23ClF3N5O3/c1-23(2,3)36-22(35)32-16-9-7-14(8-10-16)12-29-20(34)18-13-30-21(33-19(18)24(26,27)28)31-17-6-4-5-15(25)11-17/h4-11,13H,12H2,1-3H3,(H,29,34)(H,32,35)(H,30,31,33). The molecule has 0 aliphatic carbocycles. The molecule has 3 rings (SSSR count). The van der Waals surface area contributed by atoms with Gasteiger partial charge < -0.3 is 15.4 Å². The van der Waals surface area contributed by atoms with Crippen LogP contribution in [0.3, 0.4) is 0 Å². The molecule has 0 saturated heterocycles. The Balaban J connectivity index is 1.67. The van der Waals surface area contributed by atoms with E-state index >= 15 is 0 Å². The van der Waals surface area contributed by atoms with Crippen molar-refractivity contribution in [3.8, 4) is 0 Å². The number of nitrogens with zero attached hydrogens (tertiary/aromatic N) is 2. The van der Waals surface area contributed by atoms with Gasteiger partial charge in [-0.3, -0.25) is 10.1 Å². The summed E-state index contributed by atoms with van der Waals surface area (Å²) in [6.07, 6.45) is -4.71. The highest BCUT2D eigenvalue weighted by Gasteiger charge is 2.38.